The molecule has 1 rings (SSSR count). The molecule has 1 aromatic rings. The second-order valence-corrected chi connectivity index (χ2v) is 5.82. The number of halogens is 1. The van der Waals surface area contributed by atoms with Gasteiger partial charge in [0, 0.05) is 4.47 Å². The Bertz CT molecular complexity index is 500. The summed E-state index contributed by atoms with van der Waals surface area (Å²) < 4.78 is 24.7. The van der Waals surface area contributed by atoms with Gasteiger partial charge >= 0.3 is 5.97 Å². The maximum Gasteiger partial charge on any atom is 0.326 e. The normalized spacial score (nSPS) is 13.4. The van der Waals surface area contributed by atoms with Gasteiger partial charge in [0.2, 0.25) is 10.0 Å². The van der Waals surface area contributed by atoms with Crippen LogP contribution in [-0.4, -0.2) is 25.7 Å². The number of aliphatic carboxylic acids is 1. The molecule has 0 aliphatic carbocycles. The lowest BCUT2D eigenvalue weighted by Crippen LogP contribution is -2.33. The van der Waals surface area contributed by atoms with Crippen molar-refractivity contribution in [1.29, 1.82) is 0 Å². The number of benzene rings is 1. The first-order valence-corrected chi connectivity index (χ1v) is 6.94. The first-order chi connectivity index (χ1) is 7.31. The zero-order valence-corrected chi connectivity index (χ0v) is 10.7. The van der Waals surface area contributed by atoms with Crippen LogP contribution in [0.3, 0.4) is 0 Å². The second kappa shape index (κ2) is 4.94. The summed E-state index contributed by atoms with van der Waals surface area (Å²) in [6.07, 6.45) is 0.916. The van der Waals surface area contributed by atoms with E-state index < -0.39 is 22.0 Å². The van der Waals surface area contributed by atoms with Gasteiger partial charge in [-0.25, -0.2) is 8.42 Å². The Balaban J connectivity index is 3.14. The number of nitrogens with one attached hydrogen (secondary N) is 1. The van der Waals surface area contributed by atoms with E-state index >= 15 is 0 Å². The van der Waals surface area contributed by atoms with Crippen molar-refractivity contribution in [2.75, 3.05) is 6.26 Å². The third-order valence-electron chi connectivity index (χ3n) is 1.80. The van der Waals surface area contributed by atoms with Crippen LogP contribution in [0.2, 0.25) is 0 Å². The molecular formula is C9H10BrNO4S. The maximum absolute atomic E-state index is 11.0. The highest BCUT2D eigenvalue weighted by Gasteiger charge is 2.24. The largest absolute Gasteiger partial charge is 0.480 e. The smallest absolute Gasteiger partial charge is 0.326 e. The van der Waals surface area contributed by atoms with Gasteiger partial charge in [0.25, 0.3) is 0 Å². The van der Waals surface area contributed by atoms with Gasteiger partial charge in [-0.05, 0) is 11.6 Å². The Labute approximate surface area is 102 Å². The van der Waals surface area contributed by atoms with Crippen LogP contribution in [0.25, 0.3) is 0 Å². The van der Waals surface area contributed by atoms with Gasteiger partial charge in [-0.1, -0.05) is 34.1 Å². The molecule has 5 nitrogen and oxygen atoms in total. The van der Waals surface area contributed by atoms with Crippen molar-refractivity contribution in [1.82, 2.24) is 4.72 Å². The number of carboxylic acids is 1. The second-order valence-electron chi connectivity index (χ2n) is 3.18. The molecule has 1 atom stereocenters. The monoisotopic (exact) mass is 307 g/mol. The summed E-state index contributed by atoms with van der Waals surface area (Å²) in [5.41, 5.74) is 0.362. The lowest BCUT2D eigenvalue weighted by Gasteiger charge is -2.14. The molecule has 0 aliphatic rings. The minimum absolute atomic E-state index is 0.362. The third-order valence-corrected chi connectivity index (χ3v) is 3.18. The van der Waals surface area contributed by atoms with E-state index in [1.165, 1.54) is 0 Å². The zero-order chi connectivity index (χ0) is 12.3. The number of carboxylic acid groups (broad SMARTS) is 1. The summed E-state index contributed by atoms with van der Waals surface area (Å²) in [6, 6.07) is 5.26. The average Bonchev–Trinajstić information content (AvgIpc) is 2.13. The average molecular weight is 308 g/mol. The molecule has 0 saturated carbocycles. The minimum Gasteiger partial charge on any atom is -0.480 e. The molecule has 7 heteroatoms. The van der Waals surface area contributed by atoms with Gasteiger partial charge in [0.15, 0.2) is 0 Å². The molecule has 88 valence electrons. The van der Waals surface area contributed by atoms with Crippen LogP contribution >= 0.6 is 15.9 Å². The molecule has 0 heterocycles. The quantitative estimate of drug-likeness (QED) is 0.873. The number of carbonyl (C=O) groups is 1. The van der Waals surface area contributed by atoms with Gasteiger partial charge in [0.1, 0.15) is 6.04 Å². The molecule has 0 radical (unpaired) electrons. The summed E-state index contributed by atoms with van der Waals surface area (Å²) in [5, 5.41) is 8.97. The Kier molecular flexibility index (Phi) is 4.06. The summed E-state index contributed by atoms with van der Waals surface area (Å²) in [7, 11) is -3.58. The van der Waals surface area contributed by atoms with Gasteiger partial charge < -0.3 is 5.11 Å². The van der Waals surface area contributed by atoms with Gasteiger partial charge in [-0.15, -0.1) is 0 Å². The molecule has 0 aliphatic heterocycles. The van der Waals surface area contributed by atoms with Crippen LogP contribution in [0, 0.1) is 0 Å². The predicted octanol–water partition coefficient (Wildman–Crippen LogP) is 1.12. The van der Waals surface area contributed by atoms with Crippen molar-refractivity contribution in [2.24, 2.45) is 0 Å². The summed E-state index contributed by atoms with van der Waals surface area (Å²) in [4.78, 5) is 11.0. The molecule has 1 unspecified atom stereocenters. The highest BCUT2D eigenvalue weighted by molar-refractivity contribution is 9.10. The standard InChI is InChI=1S/C9H10BrNO4S/c1-16(14,15)11-8(9(12)13)6-4-2-3-5-7(6)10/h2-5,8,11H,1H3,(H,12,13). The topological polar surface area (TPSA) is 83.5 Å². The molecule has 0 bridgehead atoms. The fraction of sp³-hybridized carbons (Fsp3) is 0.222. The van der Waals surface area contributed by atoms with Crippen LogP contribution in [0.15, 0.2) is 28.7 Å². The Morgan fingerprint density at radius 2 is 2.00 bits per heavy atom. The van der Waals surface area contributed by atoms with E-state index in [4.69, 9.17) is 5.11 Å². The van der Waals surface area contributed by atoms with E-state index in [0.717, 1.165) is 6.26 Å². The van der Waals surface area contributed by atoms with E-state index in [9.17, 15) is 13.2 Å². The maximum atomic E-state index is 11.0. The molecule has 0 fully saturated rings. The summed E-state index contributed by atoms with van der Waals surface area (Å²) >= 11 is 3.17. The summed E-state index contributed by atoms with van der Waals surface area (Å²) in [5.74, 6) is -1.25. The Morgan fingerprint density at radius 1 is 1.44 bits per heavy atom. The van der Waals surface area contributed by atoms with Crippen LogP contribution in [0.4, 0.5) is 0 Å². The van der Waals surface area contributed by atoms with E-state index in [2.05, 4.69) is 20.7 Å². The van der Waals surface area contributed by atoms with E-state index in [1.54, 1.807) is 24.3 Å². The SMILES string of the molecule is CS(=O)(=O)NC(C(=O)O)c1ccccc1Br. The van der Waals surface area contributed by atoms with Crippen LogP contribution in [0.5, 0.6) is 0 Å². The summed E-state index contributed by atoms with van der Waals surface area (Å²) in [6.45, 7) is 0. The van der Waals surface area contributed by atoms with E-state index in [0.29, 0.717) is 10.0 Å². The van der Waals surface area contributed by atoms with Gasteiger partial charge in [0.05, 0.1) is 6.26 Å². The van der Waals surface area contributed by atoms with Crippen molar-refractivity contribution >= 4 is 31.9 Å². The molecule has 0 spiro atoms. The molecule has 0 amide bonds. The lowest BCUT2D eigenvalue weighted by atomic mass is 10.1. The van der Waals surface area contributed by atoms with E-state index in [1.807, 2.05) is 0 Å². The zero-order valence-electron chi connectivity index (χ0n) is 8.34. The molecule has 0 saturated heterocycles. The van der Waals surface area contributed by atoms with Crippen LogP contribution in [0.1, 0.15) is 11.6 Å². The third kappa shape index (κ3) is 3.58. The van der Waals surface area contributed by atoms with Crippen molar-refractivity contribution in [3.05, 3.63) is 34.3 Å². The van der Waals surface area contributed by atoms with Crippen LogP contribution < -0.4 is 4.72 Å². The Morgan fingerprint density at radius 3 is 2.44 bits per heavy atom. The highest BCUT2D eigenvalue weighted by Crippen LogP contribution is 2.23. The Hall–Kier alpha value is -0.920. The number of rotatable bonds is 4. The van der Waals surface area contributed by atoms with Crippen molar-refractivity contribution < 1.29 is 18.3 Å². The fourth-order valence-corrected chi connectivity index (χ4v) is 2.34. The number of hydrogen-bond acceptors (Lipinski definition) is 3. The molecule has 1 aromatic carbocycles. The van der Waals surface area contributed by atoms with Crippen molar-refractivity contribution in [3.63, 3.8) is 0 Å². The molecule has 2 N–H and O–H groups in total. The molecular weight excluding hydrogens is 298 g/mol. The van der Waals surface area contributed by atoms with Gasteiger partial charge in [-0.2, -0.15) is 4.72 Å². The van der Waals surface area contributed by atoms with Crippen molar-refractivity contribution in [2.45, 2.75) is 6.04 Å². The fourth-order valence-electron chi connectivity index (χ4n) is 1.17. The first kappa shape index (κ1) is 13.1. The number of sulfonamides is 1. The minimum atomic E-state index is -3.58. The lowest BCUT2D eigenvalue weighted by molar-refractivity contribution is -0.139. The van der Waals surface area contributed by atoms with Crippen molar-refractivity contribution in [3.8, 4) is 0 Å². The number of hydrogen-bond donors (Lipinski definition) is 2. The molecule has 16 heavy (non-hydrogen) atoms. The van der Waals surface area contributed by atoms with Gasteiger partial charge in [-0.3, -0.25) is 4.79 Å². The predicted molar refractivity (Wildman–Crippen MR) is 62.5 cm³/mol. The highest BCUT2D eigenvalue weighted by atomic mass is 79.9. The first-order valence-electron chi connectivity index (χ1n) is 4.26. The van der Waals surface area contributed by atoms with E-state index in [-0.39, 0.29) is 0 Å². The van der Waals surface area contributed by atoms with Crippen LogP contribution in [-0.2, 0) is 14.8 Å². The molecule has 0 aromatic heterocycles.